The average molecular weight is 444 g/mol. The van der Waals surface area contributed by atoms with Crippen LogP contribution in [-0.2, 0) is 13.0 Å². The first-order chi connectivity index (χ1) is 16.2. The molecule has 0 bridgehead atoms. The average Bonchev–Trinajstić information content (AvgIpc) is 3.25. The van der Waals surface area contributed by atoms with E-state index in [2.05, 4.69) is 52.0 Å². The standard InChI is InChI=1S/C28H30FN3O/c1-21-27(8-5-9-28(21)33-20-22-6-3-2-4-7-22)32-16-14-31(15-17-32)13-12-23-19-30-26-11-10-24(29)18-25(23)26/h2-11,18-19,30H,12-17,20H2,1H3. The molecular weight excluding hydrogens is 413 g/mol. The summed E-state index contributed by atoms with van der Waals surface area (Å²) in [6.45, 7) is 7.73. The molecule has 1 fully saturated rings. The molecule has 1 aromatic heterocycles. The van der Waals surface area contributed by atoms with E-state index in [4.69, 9.17) is 4.74 Å². The number of ether oxygens (including phenoxy) is 1. The zero-order valence-electron chi connectivity index (χ0n) is 19.1. The van der Waals surface area contributed by atoms with Crippen LogP contribution < -0.4 is 9.64 Å². The van der Waals surface area contributed by atoms with E-state index in [0.717, 1.165) is 55.8 Å². The van der Waals surface area contributed by atoms with Gasteiger partial charge in [0.25, 0.3) is 0 Å². The Morgan fingerprint density at radius 1 is 0.939 bits per heavy atom. The van der Waals surface area contributed by atoms with E-state index in [1.807, 2.05) is 30.5 Å². The summed E-state index contributed by atoms with van der Waals surface area (Å²) in [5.41, 5.74) is 5.82. The van der Waals surface area contributed by atoms with Crippen molar-refractivity contribution in [1.82, 2.24) is 9.88 Å². The van der Waals surface area contributed by atoms with Crippen LogP contribution in [0.15, 0.2) is 72.9 Å². The van der Waals surface area contributed by atoms with E-state index in [9.17, 15) is 4.39 Å². The Balaban J connectivity index is 1.17. The Morgan fingerprint density at radius 3 is 2.58 bits per heavy atom. The van der Waals surface area contributed by atoms with Gasteiger partial charge in [-0.2, -0.15) is 0 Å². The molecule has 170 valence electrons. The fourth-order valence-corrected chi connectivity index (χ4v) is 4.69. The van der Waals surface area contributed by atoms with Gasteiger partial charge in [-0.1, -0.05) is 36.4 Å². The second-order valence-electron chi connectivity index (χ2n) is 8.76. The molecule has 0 spiro atoms. The Labute approximate surface area is 194 Å². The predicted molar refractivity (Wildman–Crippen MR) is 133 cm³/mol. The van der Waals surface area contributed by atoms with Gasteiger partial charge in [0, 0.05) is 61.1 Å². The van der Waals surface area contributed by atoms with Crippen molar-refractivity contribution in [2.45, 2.75) is 20.0 Å². The summed E-state index contributed by atoms with van der Waals surface area (Å²) in [7, 11) is 0. The van der Waals surface area contributed by atoms with Gasteiger partial charge in [-0.05, 0) is 54.8 Å². The zero-order chi connectivity index (χ0) is 22.6. The number of H-pyrrole nitrogens is 1. The van der Waals surface area contributed by atoms with Crippen LogP contribution in [0.5, 0.6) is 5.75 Å². The minimum Gasteiger partial charge on any atom is -0.489 e. The van der Waals surface area contributed by atoms with Crippen LogP contribution in [0, 0.1) is 12.7 Å². The minimum absolute atomic E-state index is 0.178. The quantitative estimate of drug-likeness (QED) is 0.406. The minimum atomic E-state index is -0.178. The van der Waals surface area contributed by atoms with Crippen molar-refractivity contribution < 1.29 is 9.13 Å². The number of fused-ring (bicyclic) bond motifs is 1. The van der Waals surface area contributed by atoms with Crippen LogP contribution >= 0.6 is 0 Å². The van der Waals surface area contributed by atoms with Crippen molar-refractivity contribution in [3.8, 4) is 5.75 Å². The van der Waals surface area contributed by atoms with Crippen LogP contribution in [-0.4, -0.2) is 42.6 Å². The summed E-state index contributed by atoms with van der Waals surface area (Å²) in [4.78, 5) is 8.22. The number of benzene rings is 3. The van der Waals surface area contributed by atoms with E-state index in [0.29, 0.717) is 6.61 Å². The number of aromatic nitrogens is 1. The number of hydrogen-bond acceptors (Lipinski definition) is 3. The third kappa shape index (κ3) is 4.88. The van der Waals surface area contributed by atoms with Crippen molar-refractivity contribution in [1.29, 1.82) is 0 Å². The van der Waals surface area contributed by atoms with Gasteiger partial charge in [0.1, 0.15) is 18.2 Å². The van der Waals surface area contributed by atoms with Crippen LogP contribution in [0.1, 0.15) is 16.7 Å². The van der Waals surface area contributed by atoms with E-state index in [1.54, 1.807) is 6.07 Å². The molecule has 0 unspecified atom stereocenters. The fraction of sp³-hybridized carbons (Fsp3) is 0.286. The highest BCUT2D eigenvalue weighted by molar-refractivity contribution is 5.83. The summed E-state index contributed by atoms with van der Waals surface area (Å²) in [5.74, 6) is 0.771. The lowest BCUT2D eigenvalue weighted by Crippen LogP contribution is -2.47. The largest absolute Gasteiger partial charge is 0.489 e. The Hall–Kier alpha value is -3.31. The summed E-state index contributed by atoms with van der Waals surface area (Å²) < 4.78 is 19.8. The highest BCUT2D eigenvalue weighted by atomic mass is 19.1. The van der Waals surface area contributed by atoms with E-state index < -0.39 is 0 Å². The second-order valence-corrected chi connectivity index (χ2v) is 8.76. The molecule has 0 amide bonds. The molecule has 1 N–H and O–H groups in total. The van der Waals surface area contributed by atoms with Gasteiger partial charge in [0.15, 0.2) is 0 Å². The van der Waals surface area contributed by atoms with Gasteiger partial charge in [-0.25, -0.2) is 4.39 Å². The van der Waals surface area contributed by atoms with Gasteiger partial charge < -0.3 is 14.6 Å². The molecule has 0 radical (unpaired) electrons. The first-order valence-corrected chi connectivity index (χ1v) is 11.7. The van der Waals surface area contributed by atoms with Gasteiger partial charge in [0.2, 0.25) is 0 Å². The molecule has 3 aromatic carbocycles. The van der Waals surface area contributed by atoms with E-state index >= 15 is 0 Å². The second kappa shape index (κ2) is 9.67. The maximum absolute atomic E-state index is 13.7. The first kappa shape index (κ1) is 21.5. The van der Waals surface area contributed by atoms with Crippen LogP contribution in [0.3, 0.4) is 0 Å². The molecule has 33 heavy (non-hydrogen) atoms. The summed E-state index contributed by atoms with van der Waals surface area (Å²) in [6, 6.07) is 21.6. The number of halogens is 1. The summed E-state index contributed by atoms with van der Waals surface area (Å²) in [5, 5.41) is 0.997. The number of anilines is 1. The summed E-state index contributed by atoms with van der Waals surface area (Å²) in [6.07, 6.45) is 2.94. The van der Waals surface area contributed by atoms with Crippen LogP contribution in [0.25, 0.3) is 10.9 Å². The molecule has 1 aliphatic rings. The van der Waals surface area contributed by atoms with Crippen molar-refractivity contribution in [2.75, 3.05) is 37.6 Å². The third-order valence-corrected chi connectivity index (χ3v) is 6.63. The lowest BCUT2D eigenvalue weighted by Gasteiger charge is -2.37. The molecule has 0 aliphatic carbocycles. The van der Waals surface area contributed by atoms with Gasteiger partial charge in [0.05, 0.1) is 0 Å². The van der Waals surface area contributed by atoms with Crippen molar-refractivity contribution >= 4 is 16.6 Å². The normalized spacial score (nSPS) is 14.7. The van der Waals surface area contributed by atoms with Gasteiger partial charge in [-0.3, -0.25) is 4.90 Å². The molecule has 2 heterocycles. The SMILES string of the molecule is Cc1c(OCc2ccccc2)cccc1N1CCN(CCc2c[nH]c3ccc(F)cc23)CC1. The Bertz CT molecular complexity index is 1210. The van der Waals surface area contributed by atoms with Gasteiger partial charge >= 0.3 is 0 Å². The predicted octanol–water partition coefficient (Wildman–Crippen LogP) is 5.56. The highest BCUT2D eigenvalue weighted by Gasteiger charge is 2.20. The van der Waals surface area contributed by atoms with Crippen molar-refractivity contribution in [2.24, 2.45) is 0 Å². The van der Waals surface area contributed by atoms with E-state index in [1.165, 1.54) is 28.4 Å². The molecular formula is C28H30FN3O. The Morgan fingerprint density at radius 2 is 1.76 bits per heavy atom. The maximum atomic E-state index is 13.7. The first-order valence-electron chi connectivity index (χ1n) is 11.7. The topological polar surface area (TPSA) is 31.5 Å². The molecule has 0 atom stereocenters. The molecule has 1 saturated heterocycles. The lowest BCUT2D eigenvalue weighted by atomic mass is 10.1. The smallest absolute Gasteiger partial charge is 0.124 e. The number of aromatic amines is 1. The molecule has 1 aliphatic heterocycles. The van der Waals surface area contributed by atoms with Crippen LogP contribution in [0.2, 0.25) is 0 Å². The molecule has 5 heteroatoms. The number of nitrogens with one attached hydrogen (secondary N) is 1. The van der Waals surface area contributed by atoms with E-state index in [-0.39, 0.29) is 5.82 Å². The summed E-state index contributed by atoms with van der Waals surface area (Å²) >= 11 is 0. The zero-order valence-corrected chi connectivity index (χ0v) is 19.1. The number of rotatable bonds is 7. The maximum Gasteiger partial charge on any atom is 0.124 e. The monoisotopic (exact) mass is 443 g/mol. The lowest BCUT2D eigenvalue weighted by molar-refractivity contribution is 0.261. The highest BCUT2D eigenvalue weighted by Crippen LogP contribution is 2.30. The third-order valence-electron chi connectivity index (χ3n) is 6.63. The Kier molecular flexibility index (Phi) is 6.31. The molecule has 4 aromatic rings. The van der Waals surface area contributed by atoms with Gasteiger partial charge in [-0.15, -0.1) is 0 Å². The van der Waals surface area contributed by atoms with Crippen molar-refractivity contribution in [3.05, 3.63) is 95.4 Å². The van der Waals surface area contributed by atoms with Crippen molar-refractivity contribution in [3.63, 3.8) is 0 Å². The molecule has 5 rings (SSSR count). The number of hydrogen-bond donors (Lipinski definition) is 1. The fourth-order valence-electron chi connectivity index (χ4n) is 4.69. The van der Waals surface area contributed by atoms with Crippen LogP contribution in [0.4, 0.5) is 10.1 Å². The number of piperazine rings is 1. The number of nitrogens with zero attached hydrogens (tertiary/aromatic N) is 2. The molecule has 4 nitrogen and oxygen atoms in total. The molecule has 0 saturated carbocycles.